The van der Waals surface area contributed by atoms with Crippen molar-refractivity contribution in [1.29, 1.82) is 0 Å². The van der Waals surface area contributed by atoms with Crippen LogP contribution in [0, 0.1) is 17.5 Å². The number of aromatic nitrogens is 5. The molecule has 25 heavy (non-hydrogen) atoms. The molecule has 2 aromatic heterocycles. The third-order valence-corrected chi connectivity index (χ3v) is 4.02. The Bertz CT molecular complexity index is 870. The fourth-order valence-electron chi connectivity index (χ4n) is 2.71. The molecule has 1 aromatic carbocycles. The fraction of sp³-hybridized carbons (Fsp3) is 0.250. The number of halogens is 3. The Morgan fingerprint density at radius 1 is 1.16 bits per heavy atom. The van der Waals surface area contributed by atoms with Crippen LogP contribution in [-0.2, 0) is 12.1 Å². The van der Waals surface area contributed by atoms with Crippen molar-refractivity contribution in [3.8, 4) is 0 Å². The summed E-state index contributed by atoms with van der Waals surface area (Å²) in [7, 11) is 0. The Morgan fingerprint density at radius 2 is 1.96 bits per heavy atom. The maximum absolute atomic E-state index is 14.2. The van der Waals surface area contributed by atoms with Crippen molar-refractivity contribution in [3.63, 3.8) is 0 Å². The lowest BCUT2D eigenvalue weighted by Gasteiger charge is -2.33. The van der Waals surface area contributed by atoms with Crippen molar-refractivity contribution < 1.29 is 18.3 Å². The van der Waals surface area contributed by atoms with Gasteiger partial charge in [0.05, 0.1) is 30.0 Å². The quantitative estimate of drug-likeness (QED) is 0.764. The molecule has 0 aliphatic heterocycles. The number of benzene rings is 1. The van der Waals surface area contributed by atoms with Crippen LogP contribution in [0.25, 0.3) is 0 Å². The van der Waals surface area contributed by atoms with E-state index in [9.17, 15) is 18.3 Å². The summed E-state index contributed by atoms with van der Waals surface area (Å²) in [5.41, 5.74) is -2.20. The van der Waals surface area contributed by atoms with E-state index < -0.39 is 29.0 Å². The Morgan fingerprint density at radius 3 is 2.60 bits per heavy atom. The summed E-state index contributed by atoms with van der Waals surface area (Å²) < 4.78 is 43.1. The average molecular weight is 349 g/mol. The summed E-state index contributed by atoms with van der Waals surface area (Å²) in [6.45, 7) is 1.28. The molecule has 1 unspecified atom stereocenters. The molecule has 3 rings (SSSR count). The van der Waals surface area contributed by atoms with Crippen LogP contribution >= 0.6 is 0 Å². The Kier molecular flexibility index (Phi) is 4.49. The van der Waals surface area contributed by atoms with Crippen LogP contribution in [0.5, 0.6) is 0 Å². The van der Waals surface area contributed by atoms with Crippen LogP contribution in [0.4, 0.5) is 13.2 Å². The van der Waals surface area contributed by atoms with E-state index in [4.69, 9.17) is 0 Å². The molecule has 0 aliphatic carbocycles. The first kappa shape index (κ1) is 17.0. The van der Waals surface area contributed by atoms with E-state index in [0.29, 0.717) is 6.07 Å². The molecule has 6 nitrogen and oxygen atoms in total. The van der Waals surface area contributed by atoms with Gasteiger partial charge in [0.1, 0.15) is 30.6 Å². The molecule has 1 N–H and O–H groups in total. The van der Waals surface area contributed by atoms with Crippen LogP contribution in [0.1, 0.15) is 24.1 Å². The zero-order chi connectivity index (χ0) is 18.0. The number of nitrogens with zero attached hydrogens (tertiary/aromatic N) is 5. The largest absolute Gasteiger partial charge is 0.385 e. The summed E-state index contributed by atoms with van der Waals surface area (Å²) in [5, 5.41) is 15.0. The van der Waals surface area contributed by atoms with Crippen LogP contribution in [-0.4, -0.2) is 29.8 Å². The van der Waals surface area contributed by atoms with Crippen LogP contribution in [0.3, 0.4) is 0 Å². The van der Waals surface area contributed by atoms with Gasteiger partial charge >= 0.3 is 0 Å². The van der Waals surface area contributed by atoms with Crippen molar-refractivity contribution in [2.75, 3.05) is 0 Å². The highest BCUT2D eigenvalue weighted by atomic mass is 19.1. The van der Waals surface area contributed by atoms with Gasteiger partial charge in [0.15, 0.2) is 5.82 Å². The van der Waals surface area contributed by atoms with Gasteiger partial charge in [-0.15, -0.1) is 0 Å². The smallest absolute Gasteiger partial charge is 0.163 e. The molecular formula is C16H14F3N5O. The molecule has 130 valence electrons. The van der Waals surface area contributed by atoms with Gasteiger partial charge in [0.25, 0.3) is 0 Å². The van der Waals surface area contributed by atoms with Gasteiger partial charge < -0.3 is 5.11 Å². The maximum atomic E-state index is 14.2. The van der Waals surface area contributed by atoms with E-state index in [1.54, 1.807) is 0 Å². The summed E-state index contributed by atoms with van der Waals surface area (Å²) in [6.07, 6.45) is 4.74. The van der Waals surface area contributed by atoms with Gasteiger partial charge in [-0.05, 0) is 13.0 Å². The molecule has 0 bridgehead atoms. The second-order valence-corrected chi connectivity index (χ2v) is 5.70. The van der Waals surface area contributed by atoms with Gasteiger partial charge in [-0.2, -0.15) is 5.10 Å². The molecule has 0 aliphatic rings. The zero-order valence-corrected chi connectivity index (χ0v) is 13.1. The van der Waals surface area contributed by atoms with E-state index in [0.717, 1.165) is 24.7 Å². The number of hydrogen-bond acceptors (Lipinski definition) is 5. The predicted octanol–water partition coefficient (Wildman–Crippen LogP) is 2.18. The van der Waals surface area contributed by atoms with Gasteiger partial charge in [-0.25, -0.2) is 28.1 Å². The molecule has 2 heterocycles. The standard InChI is InChI=1S/C16H14F3N5O/c1-16(25,11-3-2-10(17)4-13(11)18)12(6-24-9-21-8-23-24)15-14(19)5-20-7-22-15/h2-5,7-9,12,25H,6H2,1H3/t12-,16?/m0/s1. The second kappa shape index (κ2) is 6.60. The van der Waals surface area contributed by atoms with Crippen molar-refractivity contribution in [2.45, 2.75) is 25.0 Å². The highest BCUT2D eigenvalue weighted by Crippen LogP contribution is 2.39. The van der Waals surface area contributed by atoms with E-state index in [1.807, 2.05) is 0 Å². The first-order valence-corrected chi connectivity index (χ1v) is 7.35. The van der Waals surface area contributed by atoms with Crippen molar-refractivity contribution in [2.24, 2.45) is 0 Å². The van der Waals surface area contributed by atoms with E-state index in [-0.39, 0.29) is 17.8 Å². The maximum Gasteiger partial charge on any atom is 0.163 e. The van der Waals surface area contributed by atoms with Gasteiger partial charge in [0.2, 0.25) is 0 Å². The topological polar surface area (TPSA) is 76.7 Å². The van der Waals surface area contributed by atoms with Gasteiger partial charge in [0, 0.05) is 11.6 Å². The minimum Gasteiger partial charge on any atom is -0.385 e. The van der Waals surface area contributed by atoms with Gasteiger partial charge in [-0.1, -0.05) is 6.07 Å². The molecule has 0 spiro atoms. The van der Waals surface area contributed by atoms with Crippen LogP contribution in [0.2, 0.25) is 0 Å². The third kappa shape index (κ3) is 3.36. The SMILES string of the molecule is CC(O)(c1ccc(F)cc1F)[C@@H](Cn1cncn1)c1ncncc1F. The second-order valence-electron chi connectivity index (χ2n) is 5.70. The molecule has 2 atom stereocenters. The average Bonchev–Trinajstić information content (AvgIpc) is 3.06. The minimum atomic E-state index is -1.90. The van der Waals surface area contributed by atoms with Gasteiger partial charge in [-0.3, -0.25) is 4.68 Å². The van der Waals surface area contributed by atoms with E-state index >= 15 is 0 Å². The zero-order valence-electron chi connectivity index (χ0n) is 13.1. The molecule has 3 aromatic rings. The molecular weight excluding hydrogens is 335 g/mol. The molecule has 0 radical (unpaired) electrons. The molecule has 9 heteroatoms. The monoisotopic (exact) mass is 349 g/mol. The summed E-state index contributed by atoms with van der Waals surface area (Å²) in [6, 6.07) is 2.81. The summed E-state index contributed by atoms with van der Waals surface area (Å²) in [4.78, 5) is 11.3. The van der Waals surface area contributed by atoms with Crippen LogP contribution in [0.15, 0.2) is 43.4 Å². The Balaban J connectivity index is 2.10. The summed E-state index contributed by atoms with van der Waals surface area (Å²) >= 11 is 0. The third-order valence-electron chi connectivity index (χ3n) is 4.02. The Hall–Kier alpha value is -2.81. The van der Waals surface area contributed by atoms with Crippen molar-refractivity contribution in [3.05, 3.63) is 72.1 Å². The lowest BCUT2D eigenvalue weighted by atomic mass is 9.80. The highest BCUT2D eigenvalue weighted by Gasteiger charge is 2.40. The first-order chi connectivity index (χ1) is 11.9. The lowest BCUT2D eigenvalue weighted by molar-refractivity contribution is 0.0129. The normalized spacial score (nSPS) is 14.9. The number of aliphatic hydroxyl groups is 1. The van der Waals surface area contributed by atoms with E-state index in [2.05, 4.69) is 20.1 Å². The minimum absolute atomic E-state index is 0.0300. The number of hydrogen-bond donors (Lipinski definition) is 1. The van der Waals surface area contributed by atoms with E-state index in [1.165, 1.54) is 24.3 Å². The molecule has 0 saturated carbocycles. The molecule has 0 saturated heterocycles. The predicted molar refractivity (Wildman–Crippen MR) is 80.7 cm³/mol. The fourth-order valence-corrected chi connectivity index (χ4v) is 2.71. The number of rotatable bonds is 5. The first-order valence-electron chi connectivity index (χ1n) is 7.35. The Labute approximate surface area is 141 Å². The molecule has 0 amide bonds. The highest BCUT2D eigenvalue weighted by molar-refractivity contribution is 5.29. The van der Waals surface area contributed by atoms with Crippen molar-refractivity contribution in [1.82, 2.24) is 24.7 Å². The van der Waals surface area contributed by atoms with Crippen molar-refractivity contribution >= 4 is 0 Å². The lowest BCUT2D eigenvalue weighted by Crippen LogP contribution is -2.35. The summed E-state index contributed by atoms with van der Waals surface area (Å²) in [5.74, 6) is -3.51. The molecule has 0 fully saturated rings. The van der Waals surface area contributed by atoms with Crippen LogP contribution < -0.4 is 0 Å².